The van der Waals surface area contributed by atoms with Crippen molar-refractivity contribution in [1.82, 2.24) is 0 Å². The molecule has 1 unspecified atom stereocenters. The van der Waals surface area contributed by atoms with Crippen LogP contribution < -0.4 is 18.9 Å². The zero-order valence-electron chi connectivity index (χ0n) is 13.5. The first-order valence-corrected chi connectivity index (χ1v) is 6.85. The molecule has 6 nitrogen and oxygen atoms in total. The van der Waals surface area contributed by atoms with Gasteiger partial charge in [-0.1, -0.05) is 30.3 Å². The van der Waals surface area contributed by atoms with Crippen molar-refractivity contribution in [2.75, 3.05) is 6.61 Å². The normalized spacial score (nSPS) is 18.3. The summed E-state index contributed by atoms with van der Waals surface area (Å²) in [5.41, 5.74) is -1.75. The fraction of sp³-hybridized carbons (Fsp3) is 0.467. The van der Waals surface area contributed by atoms with Crippen LogP contribution in [0, 0.1) is 0 Å². The van der Waals surface area contributed by atoms with Crippen LogP contribution in [0.2, 0.25) is 0 Å². The zero-order valence-corrected chi connectivity index (χ0v) is 12.5. The summed E-state index contributed by atoms with van der Waals surface area (Å²) in [6, 6.07) is 8.57. The summed E-state index contributed by atoms with van der Waals surface area (Å²) in [5.74, 6) is -3.04. The molecule has 116 valence electrons. The third-order valence-electron chi connectivity index (χ3n) is 3.46. The SMILES string of the molecule is O=C(O)C(Cc1ccccc1)(OC1CCCCO1)C(=O)O.[H-].[Li+]. The predicted molar refractivity (Wildman–Crippen MR) is 73.9 cm³/mol. The van der Waals surface area contributed by atoms with E-state index >= 15 is 0 Å². The van der Waals surface area contributed by atoms with Crippen molar-refractivity contribution in [3.63, 3.8) is 0 Å². The van der Waals surface area contributed by atoms with Gasteiger partial charge in [0.25, 0.3) is 5.60 Å². The molecule has 0 aliphatic carbocycles. The molecule has 1 saturated heterocycles. The average Bonchev–Trinajstić information content (AvgIpc) is 2.48. The van der Waals surface area contributed by atoms with Gasteiger partial charge in [0.1, 0.15) is 0 Å². The standard InChI is InChI=1S/C15H18O6.Li.H/c16-13(17)15(14(18)19,10-11-6-2-1-3-7-11)21-12-8-4-5-9-20-12;;/h1-3,6-7,12H,4-5,8-10H2,(H,16,17)(H,18,19);;/q;+1;-1. The molecule has 1 aliphatic heterocycles. The molecule has 7 heteroatoms. The van der Waals surface area contributed by atoms with Crippen molar-refractivity contribution in [2.45, 2.75) is 37.6 Å². The molecule has 0 bridgehead atoms. The smallest absolute Gasteiger partial charge is 1.00 e. The van der Waals surface area contributed by atoms with Gasteiger partial charge in [0.2, 0.25) is 0 Å². The van der Waals surface area contributed by atoms with E-state index in [1.54, 1.807) is 30.3 Å². The van der Waals surface area contributed by atoms with Crippen LogP contribution in [0.25, 0.3) is 0 Å². The summed E-state index contributed by atoms with van der Waals surface area (Å²) in [6.45, 7) is 0.450. The molecular formula is C15H19LiO6. The monoisotopic (exact) mass is 302 g/mol. The van der Waals surface area contributed by atoms with Gasteiger partial charge in [0, 0.05) is 13.0 Å². The van der Waals surface area contributed by atoms with Gasteiger partial charge in [-0.15, -0.1) is 0 Å². The number of ether oxygens (including phenoxy) is 2. The van der Waals surface area contributed by atoms with Gasteiger partial charge in [-0.25, -0.2) is 9.59 Å². The van der Waals surface area contributed by atoms with Crippen molar-refractivity contribution in [2.24, 2.45) is 0 Å². The van der Waals surface area contributed by atoms with Gasteiger partial charge >= 0.3 is 30.8 Å². The third kappa shape index (κ3) is 4.34. The molecule has 2 rings (SSSR count). The van der Waals surface area contributed by atoms with E-state index in [-0.39, 0.29) is 26.7 Å². The molecule has 0 aromatic heterocycles. The van der Waals surface area contributed by atoms with E-state index in [4.69, 9.17) is 9.47 Å². The molecule has 0 saturated carbocycles. The fourth-order valence-corrected chi connectivity index (χ4v) is 2.30. The molecular weight excluding hydrogens is 283 g/mol. The maximum absolute atomic E-state index is 11.6. The molecule has 1 aromatic rings. The van der Waals surface area contributed by atoms with Crippen LogP contribution in [0.1, 0.15) is 26.3 Å². The fourth-order valence-electron chi connectivity index (χ4n) is 2.30. The summed E-state index contributed by atoms with van der Waals surface area (Å²) in [6.07, 6.45) is 1.14. The molecule has 1 atom stereocenters. The minimum Gasteiger partial charge on any atom is -1.00 e. The van der Waals surface area contributed by atoms with E-state index in [0.717, 1.165) is 12.8 Å². The second-order valence-corrected chi connectivity index (χ2v) is 5.01. The molecule has 1 aliphatic rings. The van der Waals surface area contributed by atoms with Gasteiger partial charge in [-0.2, -0.15) is 0 Å². The van der Waals surface area contributed by atoms with Gasteiger partial charge in [0.15, 0.2) is 6.29 Å². The maximum atomic E-state index is 11.6. The Morgan fingerprint density at radius 3 is 2.36 bits per heavy atom. The van der Waals surface area contributed by atoms with E-state index in [1.165, 1.54) is 0 Å². The first kappa shape index (κ1) is 18.7. The Balaban J connectivity index is 0.00000242. The Labute approximate surface area is 142 Å². The molecule has 22 heavy (non-hydrogen) atoms. The number of aliphatic carboxylic acids is 2. The van der Waals surface area contributed by atoms with Crippen LogP contribution in [0.5, 0.6) is 0 Å². The number of hydrogen-bond donors (Lipinski definition) is 2. The third-order valence-corrected chi connectivity index (χ3v) is 3.46. The topological polar surface area (TPSA) is 93.1 Å². The van der Waals surface area contributed by atoms with Gasteiger partial charge in [0.05, 0.1) is 0 Å². The number of carboxylic acids is 2. The Morgan fingerprint density at radius 1 is 1.23 bits per heavy atom. The van der Waals surface area contributed by atoms with E-state index in [2.05, 4.69) is 0 Å². The summed E-state index contributed by atoms with van der Waals surface area (Å²) >= 11 is 0. The second-order valence-electron chi connectivity index (χ2n) is 5.01. The first-order chi connectivity index (χ1) is 10.0. The maximum Gasteiger partial charge on any atom is 1.00 e. The van der Waals surface area contributed by atoms with Crippen molar-refractivity contribution in [3.05, 3.63) is 35.9 Å². The van der Waals surface area contributed by atoms with Crippen molar-refractivity contribution >= 4 is 11.9 Å². The molecule has 2 N–H and O–H groups in total. The summed E-state index contributed by atoms with van der Waals surface area (Å²) in [7, 11) is 0. The van der Waals surface area contributed by atoms with Crippen LogP contribution in [-0.4, -0.2) is 40.6 Å². The zero-order chi connectivity index (χ0) is 15.3. The molecule has 1 aromatic carbocycles. The molecule has 0 amide bonds. The predicted octanol–water partition coefficient (Wildman–Crippen LogP) is -1.20. The van der Waals surface area contributed by atoms with Crippen LogP contribution in [0.3, 0.4) is 0 Å². The number of hydrogen-bond acceptors (Lipinski definition) is 4. The van der Waals surface area contributed by atoms with Gasteiger partial charge in [-0.05, 0) is 24.8 Å². The van der Waals surface area contributed by atoms with Crippen LogP contribution in [0.15, 0.2) is 30.3 Å². The van der Waals surface area contributed by atoms with E-state index in [9.17, 15) is 19.8 Å². The first-order valence-electron chi connectivity index (χ1n) is 6.85. The number of carboxylic acid groups (broad SMARTS) is 2. The largest absolute Gasteiger partial charge is 1.00 e. The number of rotatable bonds is 6. The molecule has 1 heterocycles. The van der Waals surface area contributed by atoms with Gasteiger partial charge < -0.3 is 21.1 Å². The van der Waals surface area contributed by atoms with E-state index in [1.807, 2.05) is 0 Å². The Morgan fingerprint density at radius 2 is 1.86 bits per heavy atom. The summed E-state index contributed by atoms with van der Waals surface area (Å²) in [4.78, 5) is 23.2. The van der Waals surface area contributed by atoms with E-state index < -0.39 is 23.8 Å². The quantitative estimate of drug-likeness (QED) is 0.506. The minimum absolute atomic E-state index is 0. The number of carbonyl (C=O) groups is 2. The second kappa shape index (κ2) is 8.35. The Hall–Kier alpha value is -1.32. The van der Waals surface area contributed by atoms with Crippen molar-refractivity contribution in [1.29, 1.82) is 0 Å². The molecule has 0 spiro atoms. The van der Waals surface area contributed by atoms with Crippen molar-refractivity contribution in [3.8, 4) is 0 Å². The Kier molecular flexibility index (Phi) is 7.10. The van der Waals surface area contributed by atoms with E-state index in [0.29, 0.717) is 18.6 Å². The van der Waals surface area contributed by atoms with Crippen LogP contribution in [-0.2, 0) is 25.5 Å². The molecule has 1 fully saturated rings. The van der Waals surface area contributed by atoms with Crippen LogP contribution in [0.4, 0.5) is 0 Å². The van der Waals surface area contributed by atoms with Crippen LogP contribution >= 0.6 is 0 Å². The summed E-state index contributed by atoms with van der Waals surface area (Å²) < 4.78 is 10.7. The summed E-state index contributed by atoms with van der Waals surface area (Å²) in [5, 5.41) is 18.8. The van der Waals surface area contributed by atoms with Crippen molar-refractivity contribution < 1.29 is 49.6 Å². The molecule has 0 radical (unpaired) electrons. The Bertz CT molecular complexity index is 490. The average molecular weight is 302 g/mol. The van der Waals surface area contributed by atoms with Gasteiger partial charge in [-0.3, -0.25) is 0 Å². The minimum atomic E-state index is -2.33. The number of benzene rings is 1.